The summed E-state index contributed by atoms with van der Waals surface area (Å²) in [4.78, 5) is 0. The molecule has 0 N–H and O–H groups in total. The van der Waals surface area contributed by atoms with E-state index in [4.69, 9.17) is 8.85 Å². The molecular formula is C8H20O2Si. The zero-order valence-corrected chi connectivity index (χ0v) is 9.52. The molecule has 0 aliphatic heterocycles. The molecule has 0 unspecified atom stereocenters. The molecule has 0 radical (unpaired) electrons. The molecule has 0 aromatic rings. The molecule has 68 valence electrons. The van der Waals surface area contributed by atoms with Crippen LogP contribution in [0.25, 0.3) is 0 Å². The van der Waals surface area contributed by atoms with Crippen molar-refractivity contribution in [2.45, 2.75) is 45.9 Å². The van der Waals surface area contributed by atoms with Gasteiger partial charge in [0, 0.05) is 7.11 Å². The average Bonchev–Trinajstić information content (AvgIpc) is 1.86. The van der Waals surface area contributed by atoms with Gasteiger partial charge in [-0.05, 0) is 33.4 Å². The van der Waals surface area contributed by atoms with Gasteiger partial charge in [-0.1, -0.05) is 6.92 Å². The van der Waals surface area contributed by atoms with E-state index < -0.39 is 8.56 Å². The minimum absolute atomic E-state index is 0.0360. The molecule has 0 saturated carbocycles. The summed E-state index contributed by atoms with van der Waals surface area (Å²) in [6, 6.07) is 0. The Balaban J connectivity index is 4.02. The zero-order valence-electron chi connectivity index (χ0n) is 8.52. The lowest BCUT2D eigenvalue weighted by Crippen LogP contribution is -2.42. The summed E-state index contributed by atoms with van der Waals surface area (Å²) in [6.07, 6.45) is 1.02. The van der Waals surface area contributed by atoms with Gasteiger partial charge in [0.2, 0.25) is 0 Å². The first-order chi connectivity index (χ1) is 4.83. The minimum Gasteiger partial charge on any atom is -0.398 e. The Morgan fingerprint density at radius 2 is 1.73 bits per heavy atom. The third-order valence-electron chi connectivity index (χ3n) is 1.87. The molecule has 0 aromatic carbocycles. The fraction of sp³-hybridized carbons (Fsp3) is 1.00. The maximum atomic E-state index is 5.84. The lowest BCUT2D eigenvalue weighted by molar-refractivity contribution is 0.0599. The van der Waals surface area contributed by atoms with Crippen LogP contribution in [0.3, 0.4) is 0 Å². The first-order valence-electron chi connectivity index (χ1n) is 4.08. The van der Waals surface area contributed by atoms with Gasteiger partial charge in [0.25, 0.3) is 0 Å². The van der Waals surface area contributed by atoms with E-state index in [2.05, 4.69) is 33.9 Å². The summed E-state index contributed by atoms with van der Waals surface area (Å²) in [5, 5.41) is 0. The van der Waals surface area contributed by atoms with Crippen LogP contribution in [0.2, 0.25) is 13.1 Å². The van der Waals surface area contributed by atoms with Crippen LogP contribution in [0.5, 0.6) is 0 Å². The van der Waals surface area contributed by atoms with Crippen LogP contribution in [-0.4, -0.2) is 21.3 Å². The van der Waals surface area contributed by atoms with E-state index in [1.54, 1.807) is 7.11 Å². The van der Waals surface area contributed by atoms with Crippen molar-refractivity contribution >= 4 is 8.56 Å². The lowest BCUT2D eigenvalue weighted by Gasteiger charge is -2.32. The predicted molar refractivity (Wildman–Crippen MR) is 49.9 cm³/mol. The smallest absolute Gasteiger partial charge is 0.331 e. The molecule has 0 rings (SSSR count). The predicted octanol–water partition coefficient (Wildman–Crippen LogP) is 2.54. The molecule has 0 aliphatic rings. The first-order valence-corrected chi connectivity index (χ1v) is 6.90. The average molecular weight is 176 g/mol. The van der Waals surface area contributed by atoms with E-state index in [9.17, 15) is 0 Å². The molecule has 0 fully saturated rings. The Kier molecular flexibility index (Phi) is 3.74. The Morgan fingerprint density at radius 1 is 1.27 bits per heavy atom. The van der Waals surface area contributed by atoms with Gasteiger partial charge in [-0.2, -0.15) is 0 Å². The fourth-order valence-corrected chi connectivity index (χ4v) is 2.34. The molecule has 2 nitrogen and oxygen atoms in total. The van der Waals surface area contributed by atoms with E-state index in [1.807, 2.05) is 0 Å². The highest BCUT2D eigenvalue weighted by Gasteiger charge is 2.30. The highest BCUT2D eigenvalue weighted by atomic mass is 28.4. The lowest BCUT2D eigenvalue weighted by atomic mass is 10.1. The monoisotopic (exact) mass is 176 g/mol. The normalized spacial score (nSPS) is 13.6. The van der Waals surface area contributed by atoms with Crippen molar-refractivity contribution in [3.05, 3.63) is 0 Å². The van der Waals surface area contributed by atoms with Crippen LogP contribution in [0, 0.1) is 0 Å². The second-order valence-corrected chi connectivity index (χ2v) is 7.23. The summed E-state index contributed by atoms with van der Waals surface area (Å²) >= 11 is 0. The van der Waals surface area contributed by atoms with Crippen molar-refractivity contribution in [3.8, 4) is 0 Å². The Labute approximate surface area is 71.1 Å². The number of hydrogen-bond donors (Lipinski definition) is 0. The molecule has 0 amide bonds. The first kappa shape index (κ1) is 11.1. The summed E-state index contributed by atoms with van der Waals surface area (Å²) in [6.45, 7) is 10.4. The van der Waals surface area contributed by atoms with Crippen molar-refractivity contribution in [2.75, 3.05) is 7.11 Å². The third-order valence-corrected chi connectivity index (χ3v) is 3.89. The van der Waals surface area contributed by atoms with Gasteiger partial charge in [-0.25, -0.2) is 0 Å². The second-order valence-electron chi connectivity index (χ2n) is 3.82. The maximum Gasteiger partial charge on any atom is 0.331 e. The van der Waals surface area contributed by atoms with Gasteiger partial charge < -0.3 is 8.85 Å². The molecule has 0 aromatic heterocycles. The van der Waals surface area contributed by atoms with Gasteiger partial charge in [0.15, 0.2) is 0 Å². The highest BCUT2D eigenvalue weighted by Crippen LogP contribution is 2.20. The molecule has 11 heavy (non-hydrogen) atoms. The second kappa shape index (κ2) is 3.69. The van der Waals surface area contributed by atoms with Gasteiger partial charge in [0.1, 0.15) is 0 Å². The zero-order chi connectivity index (χ0) is 9.12. The van der Waals surface area contributed by atoms with Gasteiger partial charge in [-0.3, -0.25) is 0 Å². The van der Waals surface area contributed by atoms with Crippen LogP contribution in [0.15, 0.2) is 0 Å². The Bertz CT molecular complexity index is 107. The quantitative estimate of drug-likeness (QED) is 0.613. The van der Waals surface area contributed by atoms with Crippen molar-refractivity contribution in [1.82, 2.24) is 0 Å². The molecule has 0 heterocycles. The van der Waals surface area contributed by atoms with Gasteiger partial charge in [0.05, 0.1) is 5.60 Å². The van der Waals surface area contributed by atoms with E-state index in [0.29, 0.717) is 0 Å². The van der Waals surface area contributed by atoms with Crippen LogP contribution < -0.4 is 0 Å². The molecule has 0 aliphatic carbocycles. The van der Waals surface area contributed by atoms with E-state index >= 15 is 0 Å². The van der Waals surface area contributed by atoms with Crippen LogP contribution in [0.4, 0.5) is 0 Å². The fourth-order valence-electron chi connectivity index (χ4n) is 0.779. The van der Waals surface area contributed by atoms with Crippen molar-refractivity contribution in [2.24, 2.45) is 0 Å². The molecule has 0 saturated heterocycles. The topological polar surface area (TPSA) is 18.5 Å². The Hall–Kier alpha value is 0.137. The van der Waals surface area contributed by atoms with Crippen LogP contribution in [-0.2, 0) is 8.85 Å². The minimum atomic E-state index is -1.83. The maximum absolute atomic E-state index is 5.84. The van der Waals surface area contributed by atoms with E-state index in [0.717, 1.165) is 6.42 Å². The number of hydrogen-bond acceptors (Lipinski definition) is 2. The van der Waals surface area contributed by atoms with Crippen LogP contribution >= 0.6 is 0 Å². The van der Waals surface area contributed by atoms with Gasteiger partial charge >= 0.3 is 8.56 Å². The van der Waals surface area contributed by atoms with Crippen LogP contribution in [0.1, 0.15) is 27.2 Å². The van der Waals surface area contributed by atoms with E-state index in [1.165, 1.54) is 0 Å². The molecule has 0 atom stereocenters. The third kappa shape index (κ3) is 4.56. The highest BCUT2D eigenvalue weighted by molar-refractivity contribution is 6.64. The largest absolute Gasteiger partial charge is 0.398 e. The SMILES string of the molecule is CCC(C)(C)O[Si](C)(C)OC. The molecule has 0 bridgehead atoms. The standard InChI is InChI=1S/C8H20O2Si/c1-7-8(2,3)10-11(5,6)9-4/h7H2,1-6H3. The summed E-state index contributed by atoms with van der Waals surface area (Å²) in [7, 11) is -0.113. The number of rotatable bonds is 4. The van der Waals surface area contributed by atoms with Crippen molar-refractivity contribution < 1.29 is 8.85 Å². The molecule has 3 heteroatoms. The Morgan fingerprint density at radius 3 is 2.00 bits per heavy atom. The van der Waals surface area contributed by atoms with Crippen molar-refractivity contribution in [3.63, 3.8) is 0 Å². The van der Waals surface area contributed by atoms with Crippen molar-refractivity contribution in [1.29, 1.82) is 0 Å². The molecular weight excluding hydrogens is 156 g/mol. The molecule has 0 spiro atoms. The van der Waals surface area contributed by atoms with Gasteiger partial charge in [-0.15, -0.1) is 0 Å². The van der Waals surface area contributed by atoms with E-state index in [-0.39, 0.29) is 5.60 Å². The summed E-state index contributed by atoms with van der Waals surface area (Å²) < 4.78 is 11.1. The summed E-state index contributed by atoms with van der Waals surface area (Å²) in [5.41, 5.74) is -0.0360. The summed E-state index contributed by atoms with van der Waals surface area (Å²) in [5.74, 6) is 0.